The molecule has 0 radical (unpaired) electrons. The molecule has 2 rings (SSSR count). The SMILES string of the molecule is IC1=CC2NC(I)CNC2C=C1. The van der Waals surface area contributed by atoms with Crippen molar-refractivity contribution in [3.63, 3.8) is 0 Å². The number of alkyl halides is 1. The van der Waals surface area contributed by atoms with Crippen LogP contribution in [-0.2, 0) is 0 Å². The molecule has 2 aliphatic rings. The van der Waals surface area contributed by atoms with Crippen LogP contribution in [0, 0.1) is 0 Å². The topological polar surface area (TPSA) is 24.1 Å². The van der Waals surface area contributed by atoms with Gasteiger partial charge in [0, 0.05) is 22.2 Å². The zero-order valence-corrected chi connectivity index (χ0v) is 10.7. The third kappa shape index (κ3) is 2.02. The molecule has 66 valence electrons. The van der Waals surface area contributed by atoms with E-state index in [1.54, 1.807) is 0 Å². The molecule has 1 aliphatic carbocycles. The van der Waals surface area contributed by atoms with Crippen LogP contribution in [0.1, 0.15) is 0 Å². The minimum absolute atomic E-state index is 0.484. The van der Waals surface area contributed by atoms with Crippen molar-refractivity contribution in [3.8, 4) is 0 Å². The molecule has 0 spiro atoms. The number of allylic oxidation sites excluding steroid dienone is 2. The van der Waals surface area contributed by atoms with Crippen LogP contribution in [0.5, 0.6) is 0 Å². The molecule has 0 aromatic carbocycles. The Morgan fingerprint density at radius 2 is 2.25 bits per heavy atom. The predicted molar refractivity (Wildman–Crippen MR) is 67.8 cm³/mol. The van der Waals surface area contributed by atoms with Gasteiger partial charge in [-0.2, -0.15) is 0 Å². The summed E-state index contributed by atoms with van der Waals surface area (Å²) in [6.45, 7) is 1.05. The maximum atomic E-state index is 3.54. The molecule has 1 heterocycles. The van der Waals surface area contributed by atoms with Gasteiger partial charge in [0.15, 0.2) is 0 Å². The Bertz CT molecular complexity index is 237. The summed E-state index contributed by atoms with van der Waals surface area (Å²) in [6, 6.07) is 0.979. The molecule has 2 nitrogen and oxygen atoms in total. The van der Waals surface area contributed by atoms with E-state index in [1.807, 2.05) is 0 Å². The molecule has 0 aromatic heterocycles. The standard InChI is InChI=1S/C8H10I2N2/c9-5-1-2-6-7(3-5)12-8(10)4-11-6/h1-3,6-8,11-12H,4H2. The molecule has 0 amide bonds. The Morgan fingerprint density at radius 1 is 1.42 bits per heavy atom. The average molecular weight is 388 g/mol. The van der Waals surface area contributed by atoms with Crippen LogP contribution in [-0.4, -0.2) is 22.7 Å². The fourth-order valence-electron chi connectivity index (χ4n) is 1.50. The molecule has 12 heavy (non-hydrogen) atoms. The summed E-state index contributed by atoms with van der Waals surface area (Å²) in [5.41, 5.74) is 0. The van der Waals surface area contributed by atoms with Crippen LogP contribution in [0.15, 0.2) is 21.8 Å². The Kier molecular flexibility index (Phi) is 3.09. The first kappa shape index (κ1) is 9.42. The summed E-state index contributed by atoms with van der Waals surface area (Å²) in [4.78, 5) is 0. The lowest BCUT2D eigenvalue weighted by Crippen LogP contribution is -2.57. The normalized spacial score (nSPS) is 40.5. The summed E-state index contributed by atoms with van der Waals surface area (Å²) >= 11 is 4.78. The van der Waals surface area contributed by atoms with Crippen molar-refractivity contribution < 1.29 is 0 Å². The van der Waals surface area contributed by atoms with Crippen LogP contribution in [0.25, 0.3) is 0 Å². The van der Waals surface area contributed by atoms with Gasteiger partial charge in [-0.05, 0) is 22.6 Å². The fourth-order valence-corrected chi connectivity index (χ4v) is 2.76. The van der Waals surface area contributed by atoms with Gasteiger partial charge in [0.05, 0.1) is 4.05 Å². The fraction of sp³-hybridized carbons (Fsp3) is 0.500. The van der Waals surface area contributed by atoms with Gasteiger partial charge in [-0.25, -0.2) is 0 Å². The minimum atomic E-state index is 0.484. The quantitative estimate of drug-likeness (QED) is 0.374. The highest BCUT2D eigenvalue weighted by Crippen LogP contribution is 2.20. The third-order valence-electron chi connectivity index (χ3n) is 2.09. The number of piperazine rings is 1. The van der Waals surface area contributed by atoms with Crippen LogP contribution >= 0.6 is 45.2 Å². The van der Waals surface area contributed by atoms with Crippen molar-refractivity contribution in [2.75, 3.05) is 6.54 Å². The molecular weight excluding hydrogens is 378 g/mol. The van der Waals surface area contributed by atoms with E-state index in [2.05, 4.69) is 74.0 Å². The molecule has 1 aliphatic heterocycles. The zero-order chi connectivity index (χ0) is 8.55. The van der Waals surface area contributed by atoms with Crippen LogP contribution < -0.4 is 10.6 Å². The smallest absolute Gasteiger partial charge is 0.0725 e. The van der Waals surface area contributed by atoms with Gasteiger partial charge in [-0.15, -0.1) is 0 Å². The number of hydrogen-bond acceptors (Lipinski definition) is 2. The molecule has 0 aromatic rings. The average Bonchev–Trinajstić information content (AvgIpc) is 2.03. The van der Waals surface area contributed by atoms with Crippen LogP contribution in [0.4, 0.5) is 0 Å². The van der Waals surface area contributed by atoms with Crippen molar-refractivity contribution in [3.05, 3.63) is 21.8 Å². The molecule has 1 saturated heterocycles. The van der Waals surface area contributed by atoms with Gasteiger partial charge in [-0.1, -0.05) is 40.8 Å². The first-order valence-electron chi connectivity index (χ1n) is 3.95. The van der Waals surface area contributed by atoms with E-state index in [0.717, 1.165) is 6.54 Å². The first-order chi connectivity index (χ1) is 5.75. The third-order valence-corrected chi connectivity index (χ3v) is 3.61. The van der Waals surface area contributed by atoms with E-state index in [4.69, 9.17) is 0 Å². The van der Waals surface area contributed by atoms with Gasteiger partial charge in [-0.3, -0.25) is 5.32 Å². The summed E-state index contributed by atoms with van der Waals surface area (Å²) in [5.74, 6) is 0. The summed E-state index contributed by atoms with van der Waals surface area (Å²) in [6.07, 6.45) is 6.69. The van der Waals surface area contributed by atoms with Crippen LogP contribution in [0.3, 0.4) is 0 Å². The van der Waals surface area contributed by atoms with Crippen molar-refractivity contribution in [1.82, 2.24) is 10.6 Å². The lowest BCUT2D eigenvalue weighted by molar-refractivity contribution is 0.397. The Morgan fingerprint density at radius 3 is 3.08 bits per heavy atom. The second kappa shape index (κ2) is 3.93. The Hall–Kier alpha value is 0.860. The second-order valence-electron chi connectivity index (χ2n) is 3.00. The molecule has 1 fully saturated rings. The monoisotopic (exact) mass is 388 g/mol. The van der Waals surface area contributed by atoms with E-state index < -0.39 is 0 Å². The van der Waals surface area contributed by atoms with E-state index in [-0.39, 0.29) is 0 Å². The van der Waals surface area contributed by atoms with E-state index in [0.29, 0.717) is 16.1 Å². The largest absolute Gasteiger partial charge is 0.306 e. The van der Waals surface area contributed by atoms with Crippen molar-refractivity contribution >= 4 is 45.2 Å². The minimum Gasteiger partial charge on any atom is -0.306 e. The highest BCUT2D eigenvalue weighted by Gasteiger charge is 2.26. The van der Waals surface area contributed by atoms with Crippen molar-refractivity contribution in [1.29, 1.82) is 0 Å². The molecule has 2 N–H and O–H groups in total. The van der Waals surface area contributed by atoms with Gasteiger partial charge in [0.2, 0.25) is 0 Å². The van der Waals surface area contributed by atoms with Crippen molar-refractivity contribution in [2.24, 2.45) is 0 Å². The van der Waals surface area contributed by atoms with E-state index in [9.17, 15) is 0 Å². The summed E-state index contributed by atoms with van der Waals surface area (Å²) in [7, 11) is 0. The van der Waals surface area contributed by atoms with Crippen LogP contribution in [0.2, 0.25) is 0 Å². The van der Waals surface area contributed by atoms with Gasteiger partial charge < -0.3 is 5.32 Å². The van der Waals surface area contributed by atoms with E-state index in [1.165, 1.54) is 3.58 Å². The van der Waals surface area contributed by atoms with Gasteiger partial charge in [0.25, 0.3) is 0 Å². The number of fused-ring (bicyclic) bond motifs is 1. The first-order valence-corrected chi connectivity index (χ1v) is 6.27. The molecule has 0 saturated carbocycles. The predicted octanol–water partition coefficient (Wildman–Crippen LogP) is 1.57. The lowest BCUT2D eigenvalue weighted by atomic mass is 10.0. The number of halogens is 2. The summed E-state index contributed by atoms with van der Waals surface area (Å²) < 4.78 is 1.88. The maximum absolute atomic E-state index is 3.54. The van der Waals surface area contributed by atoms with E-state index >= 15 is 0 Å². The molecule has 3 atom stereocenters. The Labute approximate surface area is 99.5 Å². The van der Waals surface area contributed by atoms with Crippen molar-refractivity contribution in [2.45, 2.75) is 16.1 Å². The number of nitrogens with one attached hydrogen (secondary N) is 2. The lowest BCUT2D eigenvalue weighted by Gasteiger charge is -2.34. The summed E-state index contributed by atoms with van der Waals surface area (Å²) in [5, 5.41) is 7.03. The number of hydrogen-bond donors (Lipinski definition) is 2. The maximum Gasteiger partial charge on any atom is 0.0725 e. The molecule has 0 bridgehead atoms. The second-order valence-corrected chi connectivity index (χ2v) is 5.75. The zero-order valence-electron chi connectivity index (χ0n) is 6.43. The highest BCUT2D eigenvalue weighted by molar-refractivity contribution is 14.1. The van der Waals surface area contributed by atoms with Gasteiger partial charge >= 0.3 is 0 Å². The molecule has 4 heteroatoms. The highest BCUT2D eigenvalue weighted by atomic mass is 127. The number of rotatable bonds is 0. The molecule has 3 unspecified atom stereocenters. The Balaban J connectivity index is 2.11. The van der Waals surface area contributed by atoms with Gasteiger partial charge in [0.1, 0.15) is 0 Å². The molecular formula is C8H10I2N2.